The van der Waals surface area contributed by atoms with E-state index in [0.29, 0.717) is 47.8 Å². The number of benzene rings is 2. The number of aromatic hydroxyl groups is 1. The first kappa shape index (κ1) is 28.0. The highest BCUT2D eigenvalue weighted by Gasteiger charge is 2.56. The van der Waals surface area contributed by atoms with E-state index in [9.17, 15) is 14.7 Å². The molecular formula is C32H43NO5. The molecule has 2 saturated carbocycles. The zero-order valence-corrected chi connectivity index (χ0v) is 23.1. The molecule has 0 spiro atoms. The average Bonchev–Trinajstić information content (AvgIpc) is 3.25. The van der Waals surface area contributed by atoms with E-state index >= 15 is 0 Å². The van der Waals surface area contributed by atoms with Crippen molar-refractivity contribution in [3.63, 3.8) is 0 Å². The van der Waals surface area contributed by atoms with Crippen molar-refractivity contribution in [2.45, 2.75) is 90.6 Å². The summed E-state index contributed by atoms with van der Waals surface area (Å²) >= 11 is 0. The number of unbranched alkanes of at least 4 members (excludes halogenated alkanes) is 1. The lowest BCUT2D eigenvalue weighted by molar-refractivity contribution is -0.157. The van der Waals surface area contributed by atoms with E-state index in [4.69, 9.17) is 15.2 Å². The Hall–Kier alpha value is -3.02. The van der Waals surface area contributed by atoms with Gasteiger partial charge in [0, 0.05) is 17.5 Å². The second-order valence-electron chi connectivity index (χ2n) is 11.4. The number of aryl methyl sites for hydroxylation is 1. The Morgan fingerprint density at radius 1 is 1.05 bits per heavy atom. The van der Waals surface area contributed by atoms with Crippen molar-refractivity contribution < 1.29 is 24.2 Å². The van der Waals surface area contributed by atoms with Crippen LogP contribution in [0.2, 0.25) is 0 Å². The van der Waals surface area contributed by atoms with Gasteiger partial charge in [-0.05, 0) is 110 Å². The number of anilines is 1. The van der Waals surface area contributed by atoms with E-state index in [-0.39, 0.29) is 23.5 Å². The molecule has 5 unspecified atom stereocenters. The highest BCUT2D eigenvalue weighted by atomic mass is 16.5. The number of esters is 2. The second kappa shape index (κ2) is 12.2. The average molecular weight is 522 g/mol. The summed E-state index contributed by atoms with van der Waals surface area (Å²) in [5, 5.41) is 9.77. The van der Waals surface area contributed by atoms with Crippen LogP contribution in [0, 0.1) is 17.3 Å². The van der Waals surface area contributed by atoms with Gasteiger partial charge < -0.3 is 20.3 Å². The van der Waals surface area contributed by atoms with Gasteiger partial charge in [-0.1, -0.05) is 33.3 Å². The Labute approximate surface area is 226 Å². The Bertz CT molecular complexity index is 1110. The Morgan fingerprint density at radius 3 is 2.53 bits per heavy atom. The van der Waals surface area contributed by atoms with E-state index < -0.39 is 0 Å². The minimum atomic E-state index is -0.279. The number of fused-ring (bicyclic) bond motifs is 5. The summed E-state index contributed by atoms with van der Waals surface area (Å²) < 4.78 is 10.9. The second-order valence-corrected chi connectivity index (χ2v) is 11.4. The highest BCUT2D eigenvalue weighted by molar-refractivity contribution is 5.89. The van der Waals surface area contributed by atoms with E-state index in [1.165, 1.54) is 30.4 Å². The van der Waals surface area contributed by atoms with Crippen molar-refractivity contribution in [3.8, 4) is 5.75 Å². The molecule has 5 rings (SSSR count). The van der Waals surface area contributed by atoms with Crippen LogP contribution in [0.1, 0.15) is 99.5 Å². The zero-order valence-electron chi connectivity index (χ0n) is 23.1. The van der Waals surface area contributed by atoms with Crippen LogP contribution in [0.25, 0.3) is 0 Å². The minimum Gasteiger partial charge on any atom is -0.508 e. The van der Waals surface area contributed by atoms with E-state index in [0.717, 1.165) is 32.1 Å². The number of hydrogen-bond donors (Lipinski definition) is 2. The molecule has 2 fully saturated rings. The number of carbonyl (C=O) groups is 2. The van der Waals surface area contributed by atoms with Crippen molar-refractivity contribution in [1.82, 2.24) is 0 Å². The van der Waals surface area contributed by atoms with Crippen molar-refractivity contribution in [1.29, 1.82) is 0 Å². The summed E-state index contributed by atoms with van der Waals surface area (Å²) in [5.41, 5.74) is 9.65. The molecule has 0 heterocycles. The molecule has 6 heteroatoms. The monoisotopic (exact) mass is 521 g/mol. The summed E-state index contributed by atoms with van der Waals surface area (Å²) in [6.07, 6.45) is 9.31. The molecule has 0 amide bonds. The SMILES string of the molecule is CCC(=O)OC1CCC2C3CCc4cc(O)ccc4C3CCC12C.CCCCOC(=O)c1ccc(N)cc1. The molecule has 3 aliphatic rings. The molecule has 206 valence electrons. The van der Waals surface area contributed by atoms with Crippen LogP contribution in [0.4, 0.5) is 5.69 Å². The van der Waals surface area contributed by atoms with Gasteiger partial charge >= 0.3 is 11.9 Å². The van der Waals surface area contributed by atoms with Gasteiger partial charge in [0.2, 0.25) is 0 Å². The van der Waals surface area contributed by atoms with Gasteiger partial charge in [-0.25, -0.2) is 4.79 Å². The molecule has 0 aromatic heterocycles. The van der Waals surface area contributed by atoms with E-state index in [2.05, 4.69) is 19.9 Å². The van der Waals surface area contributed by atoms with Crippen molar-refractivity contribution >= 4 is 17.6 Å². The Balaban J connectivity index is 0.000000206. The minimum absolute atomic E-state index is 0.0477. The Morgan fingerprint density at radius 2 is 1.82 bits per heavy atom. The molecule has 0 saturated heterocycles. The first-order chi connectivity index (χ1) is 18.3. The molecule has 2 aromatic rings. The molecule has 38 heavy (non-hydrogen) atoms. The lowest BCUT2D eigenvalue weighted by Gasteiger charge is -2.50. The van der Waals surface area contributed by atoms with Crippen LogP contribution in [-0.4, -0.2) is 29.8 Å². The topological polar surface area (TPSA) is 98.9 Å². The number of ether oxygens (including phenoxy) is 2. The fourth-order valence-electron chi connectivity index (χ4n) is 6.97. The van der Waals surface area contributed by atoms with Gasteiger partial charge in [-0.2, -0.15) is 0 Å². The van der Waals surface area contributed by atoms with Crippen LogP contribution in [0.3, 0.4) is 0 Å². The maximum absolute atomic E-state index is 11.8. The molecule has 5 atom stereocenters. The van der Waals surface area contributed by atoms with Gasteiger partial charge in [-0.15, -0.1) is 0 Å². The first-order valence-electron chi connectivity index (χ1n) is 14.3. The number of phenols is 1. The number of hydrogen-bond acceptors (Lipinski definition) is 6. The largest absolute Gasteiger partial charge is 0.508 e. The molecule has 0 bridgehead atoms. The van der Waals surface area contributed by atoms with Crippen LogP contribution < -0.4 is 5.73 Å². The Kier molecular flexibility index (Phi) is 9.01. The summed E-state index contributed by atoms with van der Waals surface area (Å²) in [4.78, 5) is 23.2. The third-order valence-corrected chi connectivity index (χ3v) is 9.06. The van der Waals surface area contributed by atoms with Gasteiger partial charge in [0.25, 0.3) is 0 Å². The lowest BCUT2D eigenvalue weighted by atomic mass is 9.55. The summed E-state index contributed by atoms with van der Waals surface area (Å²) in [6.45, 7) is 6.78. The van der Waals surface area contributed by atoms with Crippen molar-refractivity contribution in [2.24, 2.45) is 17.3 Å². The summed E-state index contributed by atoms with van der Waals surface area (Å²) in [7, 11) is 0. The van der Waals surface area contributed by atoms with Gasteiger partial charge in [0.1, 0.15) is 11.9 Å². The molecule has 3 aliphatic carbocycles. The summed E-state index contributed by atoms with van der Waals surface area (Å²) in [5.74, 6) is 2.04. The predicted octanol–water partition coefficient (Wildman–Crippen LogP) is 6.80. The number of nitrogen functional groups attached to an aromatic ring is 1. The quantitative estimate of drug-likeness (QED) is 0.246. The number of carbonyl (C=O) groups excluding carboxylic acids is 2. The smallest absolute Gasteiger partial charge is 0.338 e. The predicted molar refractivity (Wildman–Crippen MR) is 149 cm³/mol. The fourth-order valence-corrected chi connectivity index (χ4v) is 6.97. The standard InChI is InChI=1S/C21H28O3.C11H15NO2/c1-3-20(23)24-19-9-8-18-17-6-4-13-12-14(22)5-7-15(13)16(17)10-11-21(18,19)2;1-2-3-8-14-11(13)9-4-6-10(12)7-5-9/h5,7,12,16-19,22H,3-4,6,8-11H2,1-2H3;4-7H,2-3,8,12H2,1H3. The maximum Gasteiger partial charge on any atom is 0.338 e. The third-order valence-electron chi connectivity index (χ3n) is 9.06. The van der Waals surface area contributed by atoms with Crippen LogP contribution in [0.5, 0.6) is 5.75 Å². The molecule has 0 aliphatic heterocycles. The molecule has 0 radical (unpaired) electrons. The van der Waals surface area contributed by atoms with E-state index in [1.54, 1.807) is 24.3 Å². The molecule has 6 nitrogen and oxygen atoms in total. The zero-order chi connectivity index (χ0) is 27.3. The van der Waals surface area contributed by atoms with E-state index in [1.807, 2.05) is 19.1 Å². The van der Waals surface area contributed by atoms with Crippen molar-refractivity contribution in [2.75, 3.05) is 12.3 Å². The normalized spacial score (nSPS) is 27.1. The summed E-state index contributed by atoms with van der Waals surface area (Å²) in [6, 6.07) is 12.7. The molecule has 3 N–H and O–H groups in total. The van der Waals surface area contributed by atoms with Gasteiger partial charge in [-0.3, -0.25) is 4.79 Å². The number of rotatable bonds is 6. The third kappa shape index (κ3) is 6.00. The van der Waals surface area contributed by atoms with Gasteiger partial charge in [0.15, 0.2) is 0 Å². The maximum atomic E-state index is 11.8. The number of phenolic OH excluding ortho intramolecular Hbond substituents is 1. The molecular weight excluding hydrogens is 478 g/mol. The molecule has 2 aromatic carbocycles. The van der Waals surface area contributed by atoms with Crippen LogP contribution >= 0.6 is 0 Å². The fraction of sp³-hybridized carbons (Fsp3) is 0.562. The number of nitrogens with two attached hydrogens (primary N) is 1. The van der Waals surface area contributed by atoms with Crippen LogP contribution in [0.15, 0.2) is 42.5 Å². The van der Waals surface area contributed by atoms with Crippen LogP contribution in [-0.2, 0) is 20.7 Å². The lowest BCUT2D eigenvalue weighted by Crippen LogP contribution is -2.45. The van der Waals surface area contributed by atoms with Crippen molar-refractivity contribution in [3.05, 3.63) is 59.2 Å². The first-order valence-corrected chi connectivity index (χ1v) is 14.3. The van der Waals surface area contributed by atoms with Gasteiger partial charge in [0.05, 0.1) is 12.2 Å². The highest BCUT2D eigenvalue weighted by Crippen LogP contribution is 2.61.